The lowest BCUT2D eigenvalue weighted by molar-refractivity contribution is -0.114. The van der Waals surface area contributed by atoms with Gasteiger partial charge in [-0.05, 0) is 32.4 Å². The van der Waals surface area contributed by atoms with Gasteiger partial charge in [-0.15, -0.1) is 0 Å². The van der Waals surface area contributed by atoms with Gasteiger partial charge in [0.1, 0.15) is 0 Å². The number of hydrogen-bond donors (Lipinski definition) is 0. The molecule has 0 aliphatic heterocycles. The van der Waals surface area contributed by atoms with E-state index in [-0.39, 0.29) is 5.78 Å². The van der Waals surface area contributed by atoms with Gasteiger partial charge in [0, 0.05) is 25.1 Å². The molecule has 1 aromatic rings. The fourth-order valence-electron chi connectivity index (χ4n) is 1.79. The molecule has 0 unspecified atom stereocenters. The van der Waals surface area contributed by atoms with Gasteiger partial charge in [0.15, 0.2) is 5.78 Å². The number of carbonyl (C=O) groups is 1. The van der Waals surface area contributed by atoms with Crippen LogP contribution in [0.5, 0.6) is 0 Å². The molecule has 0 saturated carbocycles. The first-order valence-electron chi connectivity index (χ1n) is 5.41. The van der Waals surface area contributed by atoms with Gasteiger partial charge >= 0.3 is 0 Å². The second kappa shape index (κ2) is 4.01. The summed E-state index contributed by atoms with van der Waals surface area (Å²) in [6.07, 6.45) is 6.19. The highest BCUT2D eigenvalue weighted by Gasteiger charge is 2.13. The van der Waals surface area contributed by atoms with Gasteiger partial charge < -0.3 is 0 Å². The van der Waals surface area contributed by atoms with Crippen molar-refractivity contribution in [2.75, 3.05) is 0 Å². The van der Waals surface area contributed by atoms with Gasteiger partial charge in [-0.2, -0.15) is 5.10 Å². The number of allylic oxidation sites excluding steroid dienone is 2. The minimum Gasteiger partial charge on any atom is -0.295 e. The van der Waals surface area contributed by atoms with Crippen molar-refractivity contribution in [2.45, 2.75) is 39.2 Å². The summed E-state index contributed by atoms with van der Waals surface area (Å²) >= 11 is 0. The third-order valence-electron chi connectivity index (χ3n) is 2.66. The van der Waals surface area contributed by atoms with Crippen molar-refractivity contribution in [3.8, 4) is 0 Å². The number of rotatable bonds is 3. The van der Waals surface area contributed by atoms with Gasteiger partial charge in [0.2, 0.25) is 0 Å². The van der Waals surface area contributed by atoms with E-state index in [1.165, 1.54) is 5.57 Å². The van der Waals surface area contributed by atoms with Crippen molar-refractivity contribution in [3.63, 3.8) is 0 Å². The van der Waals surface area contributed by atoms with Crippen molar-refractivity contribution < 1.29 is 4.79 Å². The largest absolute Gasteiger partial charge is 0.295 e. The molecule has 0 aromatic carbocycles. The molecule has 0 N–H and O–H groups in total. The number of carbonyl (C=O) groups excluding carboxylic acids is 1. The van der Waals surface area contributed by atoms with Crippen LogP contribution in [0.3, 0.4) is 0 Å². The van der Waals surface area contributed by atoms with E-state index in [0.29, 0.717) is 12.5 Å². The van der Waals surface area contributed by atoms with Gasteiger partial charge in [0.25, 0.3) is 0 Å². The maximum atomic E-state index is 11.1. The fraction of sp³-hybridized carbons (Fsp3) is 0.500. The maximum Gasteiger partial charge on any atom is 0.155 e. The van der Waals surface area contributed by atoms with Crippen LogP contribution < -0.4 is 0 Å². The first-order valence-corrected chi connectivity index (χ1v) is 5.41. The highest BCUT2D eigenvalue weighted by molar-refractivity contribution is 5.93. The SMILES string of the molecule is CC(C)n1ccc(CC2=CC(=O)CC2)n1. The Morgan fingerprint density at radius 3 is 2.80 bits per heavy atom. The van der Waals surface area contributed by atoms with E-state index in [0.717, 1.165) is 18.5 Å². The third-order valence-corrected chi connectivity index (χ3v) is 2.66. The van der Waals surface area contributed by atoms with Crippen LogP contribution in [0.25, 0.3) is 0 Å². The summed E-state index contributed by atoms with van der Waals surface area (Å²) in [5, 5.41) is 4.46. The monoisotopic (exact) mass is 204 g/mol. The van der Waals surface area contributed by atoms with Crippen LogP contribution in [0.2, 0.25) is 0 Å². The number of nitrogens with zero attached hydrogens (tertiary/aromatic N) is 2. The Labute approximate surface area is 89.8 Å². The predicted molar refractivity (Wildman–Crippen MR) is 58.6 cm³/mol. The van der Waals surface area contributed by atoms with Crippen molar-refractivity contribution >= 4 is 5.78 Å². The minimum absolute atomic E-state index is 0.258. The molecule has 2 rings (SSSR count). The second-order valence-corrected chi connectivity index (χ2v) is 4.33. The standard InChI is InChI=1S/C12H16N2O/c1-9(2)14-6-5-11(13-14)7-10-3-4-12(15)8-10/h5-6,8-9H,3-4,7H2,1-2H3. The van der Waals surface area contributed by atoms with E-state index in [1.807, 2.05) is 16.9 Å². The lowest BCUT2D eigenvalue weighted by Crippen LogP contribution is -2.02. The smallest absolute Gasteiger partial charge is 0.155 e. The molecule has 80 valence electrons. The summed E-state index contributed by atoms with van der Waals surface area (Å²) in [6, 6.07) is 2.43. The Morgan fingerprint density at radius 1 is 1.47 bits per heavy atom. The summed E-state index contributed by atoms with van der Waals surface area (Å²) in [4.78, 5) is 11.1. The molecule has 0 bridgehead atoms. The first-order chi connectivity index (χ1) is 7.15. The van der Waals surface area contributed by atoms with Crippen molar-refractivity contribution in [3.05, 3.63) is 29.6 Å². The molecular weight excluding hydrogens is 188 g/mol. The van der Waals surface area contributed by atoms with Crippen LogP contribution in [0.15, 0.2) is 23.9 Å². The normalized spacial score (nSPS) is 16.2. The molecule has 1 heterocycles. The first kappa shape index (κ1) is 10.1. The van der Waals surface area contributed by atoms with Crippen LogP contribution in [0.4, 0.5) is 0 Å². The van der Waals surface area contributed by atoms with Gasteiger partial charge in [-0.25, -0.2) is 0 Å². The summed E-state index contributed by atoms with van der Waals surface area (Å²) in [6.45, 7) is 4.21. The molecule has 0 amide bonds. The van der Waals surface area contributed by atoms with Gasteiger partial charge in [0.05, 0.1) is 5.69 Å². The van der Waals surface area contributed by atoms with Crippen LogP contribution in [0, 0.1) is 0 Å². The molecule has 1 aromatic heterocycles. The lowest BCUT2D eigenvalue weighted by Gasteiger charge is -2.03. The van der Waals surface area contributed by atoms with Crippen LogP contribution in [-0.4, -0.2) is 15.6 Å². The quantitative estimate of drug-likeness (QED) is 0.757. The molecule has 1 aliphatic rings. The zero-order chi connectivity index (χ0) is 10.8. The molecule has 0 atom stereocenters. The Morgan fingerprint density at radius 2 is 2.27 bits per heavy atom. The molecule has 0 spiro atoms. The van der Waals surface area contributed by atoms with E-state index < -0.39 is 0 Å². The van der Waals surface area contributed by atoms with E-state index in [4.69, 9.17) is 0 Å². The van der Waals surface area contributed by atoms with E-state index in [9.17, 15) is 4.79 Å². The molecule has 1 aliphatic carbocycles. The second-order valence-electron chi connectivity index (χ2n) is 4.33. The Bertz CT molecular complexity index is 402. The molecule has 0 saturated heterocycles. The zero-order valence-corrected chi connectivity index (χ0v) is 9.23. The highest BCUT2D eigenvalue weighted by atomic mass is 16.1. The Kier molecular flexibility index (Phi) is 2.71. The van der Waals surface area contributed by atoms with Crippen LogP contribution in [-0.2, 0) is 11.2 Å². The van der Waals surface area contributed by atoms with Crippen molar-refractivity contribution in [1.29, 1.82) is 0 Å². The maximum absolute atomic E-state index is 11.1. The summed E-state index contributed by atoms with van der Waals surface area (Å²) < 4.78 is 1.95. The third kappa shape index (κ3) is 2.35. The molecular formula is C12H16N2O. The Hall–Kier alpha value is -1.38. The number of aromatic nitrogens is 2. The Balaban J connectivity index is 2.05. The highest BCUT2D eigenvalue weighted by Crippen LogP contribution is 2.19. The van der Waals surface area contributed by atoms with Crippen LogP contribution >= 0.6 is 0 Å². The molecule has 0 radical (unpaired) electrons. The van der Waals surface area contributed by atoms with E-state index in [2.05, 4.69) is 18.9 Å². The zero-order valence-electron chi connectivity index (χ0n) is 9.23. The van der Waals surface area contributed by atoms with E-state index >= 15 is 0 Å². The molecule has 3 heteroatoms. The van der Waals surface area contributed by atoms with E-state index in [1.54, 1.807) is 6.08 Å². The fourth-order valence-corrected chi connectivity index (χ4v) is 1.79. The number of ketones is 1. The van der Waals surface area contributed by atoms with Crippen molar-refractivity contribution in [1.82, 2.24) is 9.78 Å². The summed E-state index contributed by atoms with van der Waals surface area (Å²) in [7, 11) is 0. The number of hydrogen-bond acceptors (Lipinski definition) is 2. The summed E-state index contributed by atoms with van der Waals surface area (Å²) in [5.74, 6) is 0.258. The lowest BCUT2D eigenvalue weighted by atomic mass is 10.1. The predicted octanol–water partition coefficient (Wildman–Crippen LogP) is 2.30. The van der Waals surface area contributed by atoms with Gasteiger partial charge in [-0.1, -0.05) is 5.57 Å². The van der Waals surface area contributed by atoms with Crippen molar-refractivity contribution in [2.24, 2.45) is 0 Å². The summed E-state index contributed by atoms with van der Waals surface area (Å²) in [5.41, 5.74) is 2.28. The topological polar surface area (TPSA) is 34.9 Å². The van der Waals surface area contributed by atoms with Crippen LogP contribution in [0.1, 0.15) is 38.4 Å². The molecule has 15 heavy (non-hydrogen) atoms. The average molecular weight is 204 g/mol. The molecule has 3 nitrogen and oxygen atoms in total. The molecule has 0 fully saturated rings. The average Bonchev–Trinajstić information content (AvgIpc) is 2.76. The minimum atomic E-state index is 0.258. The van der Waals surface area contributed by atoms with Gasteiger partial charge in [-0.3, -0.25) is 9.48 Å².